The summed E-state index contributed by atoms with van der Waals surface area (Å²) in [4.78, 5) is 25.1. The van der Waals surface area contributed by atoms with Crippen LogP contribution in [0.4, 0.5) is 0 Å². The standard InChI is InChI=1S/C15H21N3O2S/c1-14(2,3)13-17-10(9-7-16-8-21-9)11(18-13)12(19)20-15(4,5)6/h7-8H,1-6H3,(H,17,18). The number of esters is 1. The maximum atomic E-state index is 12.4. The Balaban J connectivity index is 2.48. The van der Waals surface area contributed by atoms with Gasteiger partial charge in [0.05, 0.1) is 16.1 Å². The fourth-order valence-electron chi connectivity index (χ4n) is 1.72. The minimum absolute atomic E-state index is 0.181. The number of nitrogens with one attached hydrogen (secondary N) is 1. The van der Waals surface area contributed by atoms with Gasteiger partial charge in [0.1, 0.15) is 11.4 Å². The molecule has 0 bridgehead atoms. The van der Waals surface area contributed by atoms with Crippen molar-refractivity contribution < 1.29 is 9.53 Å². The quantitative estimate of drug-likeness (QED) is 0.857. The maximum Gasteiger partial charge on any atom is 0.359 e. The highest BCUT2D eigenvalue weighted by Crippen LogP contribution is 2.30. The number of nitrogens with zero attached hydrogens (tertiary/aromatic N) is 2. The predicted octanol–water partition coefficient (Wildman–Crippen LogP) is 3.79. The smallest absolute Gasteiger partial charge is 0.359 e. The van der Waals surface area contributed by atoms with Crippen LogP contribution in [0.2, 0.25) is 0 Å². The first-order valence-corrected chi connectivity index (χ1v) is 7.68. The number of carbonyl (C=O) groups excluding carboxylic acids is 1. The van der Waals surface area contributed by atoms with Gasteiger partial charge in [0.25, 0.3) is 0 Å². The SMILES string of the molecule is CC(C)(C)OC(=O)c1nc(C(C)(C)C)[nH]c1-c1cncs1. The van der Waals surface area contributed by atoms with Crippen molar-refractivity contribution in [2.45, 2.75) is 52.6 Å². The van der Waals surface area contributed by atoms with Crippen molar-refractivity contribution in [2.75, 3.05) is 0 Å². The second-order valence-electron chi connectivity index (χ2n) is 6.93. The highest BCUT2D eigenvalue weighted by molar-refractivity contribution is 7.13. The molecule has 0 saturated heterocycles. The van der Waals surface area contributed by atoms with E-state index < -0.39 is 11.6 Å². The lowest BCUT2D eigenvalue weighted by molar-refractivity contribution is 0.00642. The molecule has 0 atom stereocenters. The molecule has 0 radical (unpaired) electrons. The van der Waals surface area contributed by atoms with Crippen molar-refractivity contribution in [1.29, 1.82) is 0 Å². The van der Waals surface area contributed by atoms with Crippen LogP contribution in [0.15, 0.2) is 11.7 Å². The van der Waals surface area contributed by atoms with Gasteiger partial charge in [0.2, 0.25) is 0 Å². The summed E-state index contributed by atoms with van der Waals surface area (Å²) in [5.41, 5.74) is 1.99. The van der Waals surface area contributed by atoms with Crippen LogP contribution in [-0.2, 0) is 10.2 Å². The average molecular weight is 307 g/mol. The lowest BCUT2D eigenvalue weighted by Crippen LogP contribution is -2.24. The molecular weight excluding hydrogens is 286 g/mol. The number of aromatic amines is 1. The number of aromatic nitrogens is 3. The Kier molecular flexibility index (Phi) is 3.93. The number of thiazole rings is 1. The molecule has 0 amide bonds. The molecule has 2 rings (SSSR count). The van der Waals surface area contributed by atoms with Gasteiger partial charge in [-0.2, -0.15) is 0 Å². The molecule has 2 aromatic heterocycles. The molecule has 0 aliphatic rings. The summed E-state index contributed by atoms with van der Waals surface area (Å²) in [5.74, 6) is 0.337. The van der Waals surface area contributed by atoms with Gasteiger partial charge in [-0.05, 0) is 20.8 Å². The van der Waals surface area contributed by atoms with E-state index in [1.165, 1.54) is 11.3 Å². The highest BCUT2D eigenvalue weighted by Gasteiger charge is 2.28. The summed E-state index contributed by atoms with van der Waals surface area (Å²) in [6, 6.07) is 0. The molecule has 0 fully saturated rings. The molecule has 114 valence electrons. The van der Waals surface area contributed by atoms with Crippen molar-refractivity contribution in [3.8, 4) is 10.6 Å². The zero-order valence-corrected chi connectivity index (χ0v) is 14.1. The summed E-state index contributed by atoms with van der Waals surface area (Å²) < 4.78 is 5.45. The topological polar surface area (TPSA) is 67.9 Å². The van der Waals surface area contributed by atoms with Crippen LogP contribution in [0.3, 0.4) is 0 Å². The minimum Gasteiger partial charge on any atom is -0.455 e. The van der Waals surface area contributed by atoms with Crippen LogP contribution in [0.5, 0.6) is 0 Å². The van der Waals surface area contributed by atoms with E-state index in [0.29, 0.717) is 11.4 Å². The van der Waals surface area contributed by atoms with Gasteiger partial charge in [-0.15, -0.1) is 11.3 Å². The first-order valence-electron chi connectivity index (χ1n) is 6.80. The van der Waals surface area contributed by atoms with Crippen molar-refractivity contribution in [2.24, 2.45) is 0 Å². The summed E-state index contributed by atoms with van der Waals surface area (Å²) in [5, 5.41) is 0. The molecule has 5 nitrogen and oxygen atoms in total. The van der Waals surface area contributed by atoms with Crippen molar-refractivity contribution in [3.63, 3.8) is 0 Å². The molecule has 2 heterocycles. The highest BCUT2D eigenvalue weighted by atomic mass is 32.1. The van der Waals surface area contributed by atoms with Crippen LogP contribution in [0, 0.1) is 0 Å². The van der Waals surface area contributed by atoms with E-state index in [9.17, 15) is 4.79 Å². The zero-order valence-electron chi connectivity index (χ0n) is 13.3. The number of imidazole rings is 1. The predicted molar refractivity (Wildman–Crippen MR) is 83.6 cm³/mol. The number of H-pyrrole nitrogens is 1. The van der Waals surface area contributed by atoms with E-state index in [2.05, 4.69) is 15.0 Å². The average Bonchev–Trinajstić information content (AvgIpc) is 2.94. The third kappa shape index (κ3) is 3.69. The van der Waals surface area contributed by atoms with Gasteiger partial charge in [0.15, 0.2) is 5.69 Å². The van der Waals surface area contributed by atoms with Crippen LogP contribution >= 0.6 is 11.3 Å². The van der Waals surface area contributed by atoms with Gasteiger partial charge in [-0.3, -0.25) is 4.98 Å². The van der Waals surface area contributed by atoms with Gasteiger partial charge in [-0.1, -0.05) is 20.8 Å². The van der Waals surface area contributed by atoms with E-state index in [1.54, 1.807) is 11.7 Å². The third-order valence-corrected chi connectivity index (χ3v) is 3.48. The van der Waals surface area contributed by atoms with Gasteiger partial charge >= 0.3 is 5.97 Å². The lowest BCUT2D eigenvalue weighted by Gasteiger charge is -2.19. The second kappa shape index (κ2) is 5.26. The minimum atomic E-state index is -0.553. The van der Waals surface area contributed by atoms with E-state index in [1.807, 2.05) is 41.5 Å². The van der Waals surface area contributed by atoms with Crippen LogP contribution in [-0.4, -0.2) is 26.5 Å². The second-order valence-corrected chi connectivity index (χ2v) is 7.81. The Morgan fingerprint density at radius 3 is 2.38 bits per heavy atom. The lowest BCUT2D eigenvalue weighted by atomic mass is 9.96. The summed E-state index contributed by atoms with van der Waals surface area (Å²) in [6.45, 7) is 11.7. The summed E-state index contributed by atoms with van der Waals surface area (Å²) >= 11 is 1.46. The van der Waals surface area contributed by atoms with E-state index in [4.69, 9.17) is 4.74 Å². The Morgan fingerprint density at radius 2 is 1.90 bits per heavy atom. The number of rotatable bonds is 2. The summed E-state index contributed by atoms with van der Waals surface area (Å²) in [7, 11) is 0. The Bertz CT molecular complexity index is 631. The normalized spacial score (nSPS) is 12.5. The van der Waals surface area contributed by atoms with Gasteiger partial charge in [0, 0.05) is 11.6 Å². The molecule has 0 aliphatic carbocycles. The van der Waals surface area contributed by atoms with E-state index in [0.717, 1.165) is 10.7 Å². The first-order chi connectivity index (χ1) is 9.58. The molecular formula is C15H21N3O2S. The van der Waals surface area contributed by atoms with Crippen LogP contribution < -0.4 is 0 Å². The molecule has 1 N–H and O–H groups in total. The fraction of sp³-hybridized carbons (Fsp3) is 0.533. The van der Waals surface area contributed by atoms with Gasteiger partial charge in [-0.25, -0.2) is 9.78 Å². The van der Waals surface area contributed by atoms with Gasteiger partial charge < -0.3 is 9.72 Å². The number of carbonyl (C=O) groups is 1. The van der Waals surface area contributed by atoms with Crippen LogP contribution in [0.1, 0.15) is 57.9 Å². The molecule has 0 aliphatic heterocycles. The van der Waals surface area contributed by atoms with E-state index >= 15 is 0 Å². The molecule has 0 spiro atoms. The molecule has 0 unspecified atom stereocenters. The monoisotopic (exact) mass is 307 g/mol. The van der Waals surface area contributed by atoms with Crippen LogP contribution in [0.25, 0.3) is 10.6 Å². The molecule has 21 heavy (non-hydrogen) atoms. The van der Waals surface area contributed by atoms with Crippen molar-refractivity contribution in [1.82, 2.24) is 15.0 Å². The maximum absolute atomic E-state index is 12.4. The third-order valence-electron chi connectivity index (χ3n) is 2.69. The Morgan fingerprint density at radius 1 is 1.24 bits per heavy atom. The fourth-order valence-corrected chi connectivity index (χ4v) is 2.34. The molecule has 0 saturated carbocycles. The van der Waals surface area contributed by atoms with Crippen molar-refractivity contribution in [3.05, 3.63) is 23.2 Å². The zero-order chi connectivity index (χ0) is 15.8. The Labute approximate surface area is 128 Å². The molecule has 6 heteroatoms. The number of hydrogen-bond donors (Lipinski definition) is 1. The Hall–Kier alpha value is -1.69. The van der Waals surface area contributed by atoms with Crippen molar-refractivity contribution >= 4 is 17.3 Å². The summed E-state index contributed by atoms with van der Waals surface area (Å²) in [6.07, 6.45) is 1.72. The largest absolute Gasteiger partial charge is 0.455 e. The number of ether oxygens (including phenoxy) is 1. The number of hydrogen-bond acceptors (Lipinski definition) is 5. The first kappa shape index (κ1) is 15.7. The van der Waals surface area contributed by atoms with E-state index in [-0.39, 0.29) is 5.41 Å². The molecule has 0 aromatic carbocycles. The molecule has 2 aromatic rings.